The van der Waals surface area contributed by atoms with Crippen molar-refractivity contribution in [2.45, 2.75) is 11.8 Å². The molecule has 2 rings (SSSR count). The molecule has 2 aromatic rings. The van der Waals surface area contributed by atoms with E-state index in [-0.39, 0.29) is 10.6 Å². The molecule has 0 bridgehead atoms. The predicted molar refractivity (Wildman–Crippen MR) is 80.5 cm³/mol. The number of nitrogens with one attached hydrogen (secondary N) is 1. The number of halogens is 2. The van der Waals surface area contributed by atoms with Crippen LogP contribution in [0.4, 0.5) is 15.8 Å². The fourth-order valence-electron chi connectivity index (χ4n) is 1.75. The fraction of sp³-hybridized carbons (Fsp3) is 0.0769. The molecule has 0 saturated carbocycles. The van der Waals surface area contributed by atoms with Gasteiger partial charge in [-0.15, -0.1) is 0 Å². The lowest BCUT2D eigenvalue weighted by Crippen LogP contribution is -2.13. The van der Waals surface area contributed by atoms with Gasteiger partial charge in [0.25, 0.3) is 10.0 Å². The maximum Gasteiger partial charge on any atom is 0.262 e. The van der Waals surface area contributed by atoms with Crippen LogP contribution in [0.2, 0.25) is 0 Å². The van der Waals surface area contributed by atoms with Crippen molar-refractivity contribution >= 4 is 37.3 Å². The van der Waals surface area contributed by atoms with Crippen LogP contribution in [0.5, 0.6) is 0 Å². The Morgan fingerprint density at radius 3 is 2.45 bits per heavy atom. The highest BCUT2D eigenvalue weighted by Crippen LogP contribution is 2.23. The molecular weight excluding hydrogens is 347 g/mol. The van der Waals surface area contributed by atoms with Crippen LogP contribution in [0.3, 0.4) is 0 Å². The van der Waals surface area contributed by atoms with Crippen LogP contribution in [-0.2, 0) is 10.0 Å². The van der Waals surface area contributed by atoms with Gasteiger partial charge in [0.15, 0.2) is 0 Å². The predicted octanol–water partition coefficient (Wildman–Crippen LogP) is 3.28. The van der Waals surface area contributed by atoms with Crippen LogP contribution in [0.25, 0.3) is 0 Å². The molecule has 0 unspecified atom stereocenters. The SMILES string of the molecule is Cc1cc(Br)cc(NS(=O)(=O)c2cc(N)cc(F)c2)c1. The number of nitrogen functional groups attached to an aromatic ring is 1. The van der Waals surface area contributed by atoms with Gasteiger partial charge >= 0.3 is 0 Å². The van der Waals surface area contributed by atoms with Crippen LogP contribution in [0.15, 0.2) is 45.8 Å². The summed E-state index contributed by atoms with van der Waals surface area (Å²) in [5.41, 5.74) is 6.78. The number of aryl methyl sites for hydroxylation is 1. The molecule has 0 amide bonds. The van der Waals surface area contributed by atoms with E-state index in [1.807, 2.05) is 13.0 Å². The molecule has 0 aliphatic heterocycles. The van der Waals surface area contributed by atoms with Crippen LogP contribution >= 0.6 is 15.9 Å². The molecule has 0 spiro atoms. The number of rotatable bonds is 3. The van der Waals surface area contributed by atoms with E-state index < -0.39 is 15.8 Å². The van der Waals surface area contributed by atoms with Crippen molar-refractivity contribution in [3.05, 3.63) is 52.3 Å². The van der Waals surface area contributed by atoms with Gasteiger partial charge in [0.2, 0.25) is 0 Å². The Hall–Kier alpha value is -1.60. The zero-order valence-electron chi connectivity index (χ0n) is 10.5. The lowest BCUT2D eigenvalue weighted by atomic mass is 10.2. The minimum atomic E-state index is -3.88. The first kappa shape index (κ1) is 14.8. The summed E-state index contributed by atoms with van der Waals surface area (Å²) in [7, 11) is -3.88. The summed E-state index contributed by atoms with van der Waals surface area (Å²) < 4.78 is 40.7. The molecule has 0 atom stereocenters. The first-order chi connectivity index (χ1) is 9.26. The molecule has 7 heteroatoms. The second kappa shape index (κ2) is 5.41. The number of anilines is 2. The monoisotopic (exact) mass is 358 g/mol. The standard InChI is InChI=1S/C13H12BrFN2O2S/c1-8-2-9(14)4-12(3-8)17-20(18,19)13-6-10(15)5-11(16)7-13/h2-7,17H,16H2,1H3. The molecule has 0 radical (unpaired) electrons. The molecule has 20 heavy (non-hydrogen) atoms. The van der Waals surface area contributed by atoms with E-state index in [2.05, 4.69) is 20.7 Å². The van der Waals surface area contributed by atoms with Gasteiger partial charge in [-0.25, -0.2) is 12.8 Å². The lowest BCUT2D eigenvalue weighted by molar-refractivity contribution is 0.595. The maximum atomic E-state index is 13.2. The molecule has 106 valence electrons. The zero-order valence-corrected chi connectivity index (χ0v) is 12.9. The molecule has 0 heterocycles. The molecule has 3 N–H and O–H groups in total. The van der Waals surface area contributed by atoms with E-state index in [0.29, 0.717) is 5.69 Å². The lowest BCUT2D eigenvalue weighted by Gasteiger charge is -2.10. The van der Waals surface area contributed by atoms with Gasteiger partial charge in [-0.2, -0.15) is 0 Å². The van der Waals surface area contributed by atoms with Gasteiger partial charge in [0, 0.05) is 10.2 Å². The van der Waals surface area contributed by atoms with Gasteiger partial charge in [0.05, 0.1) is 10.6 Å². The summed E-state index contributed by atoms with van der Waals surface area (Å²) in [6.07, 6.45) is 0. The summed E-state index contributed by atoms with van der Waals surface area (Å²) in [6.45, 7) is 1.84. The second-order valence-corrected chi connectivity index (χ2v) is 6.94. The highest BCUT2D eigenvalue weighted by atomic mass is 79.9. The first-order valence-corrected chi connectivity index (χ1v) is 7.90. The minimum Gasteiger partial charge on any atom is -0.399 e. The Balaban J connectivity index is 2.40. The third-order valence-electron chi connectivity index (χ3n) is 2.50. The van der Waals surface area contributed by atoms with Crippen LogP contribution in [0.1, 0.15) is 5.56 Å². The zero-order chi connectivity index (χ0) is 14.9. The highest BCUT2D eigenvalue weighted by molar-refractivity contribution is 9.10. The number of nitrogens with two attached hydrogens (primary N) is 1. The molecule has 0 aliphatic rings. The molecule has 2 aromatic carbocycles. The van der Waals surface area contributed by atoms with Crippen LogP contribution < -0.4 is 10.5 Å². The van der Waals surface area contributed by atoms with Crippen molar-refractivity contribution in [2.75, 3.05) is 10.5 Å². The fourth-order valence-corrected chi connectivity index (χ4v) is 3.46. The molecule has 0 aliphatic carbocycles. The van der Waals surface area contributed by atoms with Crippen molar-refractivity contribution in [3.8, 4) is 0 Å². The number of hydrogen-bond acceptors (Lipinski definition) is 3. The highest BCUT2D eigenvalue weighted by Gasteiger charge is 2.16. The van der Waals surface area contributed by atoms with E-state index in [4.69, 9.17) is 5.73 Å². The molecule has 0 saturated heterocycles. The van der Waals surface area contributed by atoms with Crippen LogP contribution in [-0.4, -0.2) is 8.42 Å². The summed E-state index contributed by atoms with van der Waals surface area (Å²) in [5, 5.41) is 0. The number of sulfonamides is 1. The normalized spacial score (nSPS) is 11.3. The van der Waals surface area contributed by atoms with Crippen molar-refractivity contribution in [1.82, 2.24) is 0 Å². The Kier molecular flexibility index (Phi) is 4.01. The molecule has 4 nitrogen and oxygen atoms in total. The van der Waals surface area contributed by atoms with E-state index in [0.717, 1.165) is 22.2 Å². The van der Waals surface area contributed by atoms with Gasteiger partial charge in [-0.05, 0) is 48.9 Å². The topological polar surface area (TPSA) is 72.2 Å². The third kappa shape index (κ3) is 3.49. The van der Waals surface area contributed by atoms with Gasteiger partial charge in [0.1, 0.15) is 5.82 Å². The maximum absolute atomic E-state index is 13.2. The van der Waals surface area contributed by atoms with Crippen molar-refractivity contribution in [2.24, 2.45) is 0 Å². The number of hydrogen-bond donors (Lipinski definition) is 2. The summed E-state index contributed by atoms with van der Waals surface area (Å²) >= 11 is 3.29. The summed E-state index contributed by atoms with van der Waals surface area (Å²) in [4.78, 5) is -0.215. The smallest absolute Gasteiger partial charge is 0.262 e. The van der Waals surface area contributed by atoms with Gasteiger partial charge in [-0.1, -0.05) is 15.9 Å². The first-order valence-electron chi connectivity index (χ1n) is 5.62. The quantitative estimate of drug-likeness (QED) is 0.827. The Morgan fingerprint density at radius 2 is 1.85 bits per heavy atom. The van der Waals surface area contributed by atoms with Crippen molar-refractivity contribution in [3.63, 3.8) is 0 Å². The average Bonchev–Trinajstić information content (AvgIpc) is 2.25. The Labute approximate surface area is 125 Å². The second-order valence-electron chi connectivity index (χ2n) is 4.34. The van der Waals surface area contributed by atoms with E-state index in [9.17, 15) is 12.8 Å². The van der Waals surface area contributed by atoms with Crippen molar-refractivity contribution in [1.29, 1.82) is 0 Å². The van der Waals surface area contributed by atoms with Crippen LogP contribution in [0, 0.1) is 12.7 Å². The Morgan fingerprint density at radius 1 is 1.15 bits per heavy atom. The van der Waals surface area contributed by atoms with Gasteiger partial charge < -0.3 is 5.73 Å². The van der Waals surface area contributed by atoms with Crippen molar-refractivity contribution < 1.29 is 12.8 Å². The summed E-state index contributed by atoms with van der Waals surface area (Å²) in [6, 6.07) is 8.32. The van der Waals surface area contributed by atoms with E-state index in [1.165, 1.54) is 6.07 Å². The molecule has 0 aromatic heterocycles. The third-order valence-corrected chi connectivity index (χ3v) is 4.32. The summed E-state index contributed by atoms with van der Waals surface area (Å²) in [5.74, 6) is -0.698. The van der Waals surface area contributed by atoms with E-state index >= 15 is 0 Å². The largest absolute Gasteiger partial charge is 0.399 e. The number of benzene rings is 2. The minimum absolute atomic E-state index is 0.0517. The molecule has 0 fully saturated rings. The van der Waals surface area contributed by atoms with Gasteiger partial charge in [-0.3, -0.25) is 4.72 Å². The average molecular weight is 359 g/mol. The Bertz CT molecular complexity index is 722. The van der Waals surface area contributed by atoms with E-state index in [1.54, 1.807) is 12.1 Å². The molecular formula is C13H12BrFN2O2S.